The van der Waals surface area contributed by atoms with Crippen LogP contribution in [0, 0.1) is 0 Å². The highest BCUT2D eigenvalue weighted by molar-refractivity contribution is 7.91. The number of nitrogens with zero attached hydrogens (tertiary/aromatic N) is 2. The molecule has 1 saturated heterocycles. The zero-order chi connectivity index (χ0) is 13.3. The number of sulfone groups is 1. The highest BCUT2D eigenvalue weighted by atomic mass is 32.2. The van der Waals surface area contributed by atoms with E-state index in [9.17, 15) is 13.5 Å². The van der Waals surface area contributed by atoms with Crippen molar-refractivity contribution in [3.05, 3.63) is 17.0 Å². The fraction of sp³-hybridized carbons (Fsp3) is 0.750. The second-order valence-corrected chi connectivity index (χ2v) is 6.97. The Bertz CT molecular complexity index is 534. The molecule has 102 valence electrons. The summed E-state index contributed by atoms with van der Waals surface area (Å²) in [5.74, 6) is 0.423. The van der Waals surface area contributed by atoms with Gasteiger partial charge in [0.1, 0.15) is 0 Å². The molecule has 0 saturated carbocycles. The number of hydrogen-bond donors (Lipinski definition) is 1. The number of aliphatic hydroxyl groups is 1. The van der Waals surface area contributed by atoms with Crippen LogP contribution in [-0.4, -0.2) is 34.8 Å². The summed E-state index contributed by atoms with van der Waals surface area (Å²) in [6.45, 7) is 3.98. The average molecular weight is 272 g/mol. The Labute approximate surface area is 108 Å². The largest absolute Gasteiger partial charge is 0.392 e. The summed E-state index contributed by atoms with van der Waals surface area (Å²) in [7, 11) is -2.91. The molecule has 2 heterocycles. The Kier molecular flexibility index (Phi) is 3.77. The fourth-order valence-electron chi connectivity index (χ4n) is 2.67. The topological polar surface area (TPSA) is 72.2 Å². The van der Waals surface area contributed by atoms with E-state index in [1.807, 2.05) is 18.5 Å². The first-order valence-electron chi connectivity index (χ1n) is 6.42. The number of hydrogen-bond acceptors (Lipinski definition) is 4. The summed E-state index contributed by atoms with van der Waals surface area (Å²) in [5.41, 5.74) is 2.75. The number of aryl methyl sites for hydroxylation is 1. The van der Waals surface area contributed by atoms with Gasteiger partial charge in [-0.15, -0.1) is 0 Å². The molecule has 1 aliphatic heterocycles. The first-order valence-corrected chi connectivity index (χ1v) is 8.25. The molecule has 6 heteroatoms. The van der Waals surface area contributed by atoms with Crippen LogP contribution in [0.5, 0.6) is 0 Å². The molecule has 1 aliphatic rings. The lowest BCUT2D eigenvalue weighted by atomic mass is 10.1. The standard InChI is InChI=1S/C12H20N2O3S/c1-3-11-10(7-15)12(4-2)14(13-11)9-5-6-18(16,17)8-9/h9,15H,3-8H2,1-2H3. The molecule has 5 nitrogen and oxygen atoms in total. The van der Waals surface area contributed by atoms with Gasteiger partial charge in [0, 0.05) is 11.3 Å². The molecule has 0 aromatic carbocycles. The van der Waals surface area contributed by atoms with Crippen LogP contribution in [0.3, 0.4) is 0 Å². The Morgan fingerprint density at radius 1 is 1.39 bits per heavy atom. The second kappa shape index (κ2) is 5.01. The first-order chi connectivity index (χ1) is 8.52. The summed E-state index contributed by atoms with van der Waals surface area (Å²) in [4.78, 5) is 0. The van der Waals surface area contributed by atoms with Gasteiger partial charge in [-0.2, -0.15) is 5.10 Å². The van der Waals surface area contributed by atoms with E-state index in [1.165, 1.54) is 0 Å². The maximum atomic E-state index is 11.6. The van der Waals surface area contributed by atoms with Crippen molar-refractivity contribution in [1.29, 1.82) is 0 Å². The SMILES string of the molecule is CCc1nn(C2CCS(=O)(=O)C2)c(CC)c1CO. The van der Waals surface area contributed by atoms with Gasteiger partial charge in [0.15, 0.2) is 9.84 Å². The lowest BCUT2D eigenvalue weighted by Crippen LogP contribution is -2.15. The highest BCUT2D eigenvalue weighted by Crippen LogP contribution is 2.27. The van der Waals surface area contributed by atoms with Gasteiger partial charge in [0.05, 0.1) is 29.8 Å². The summed E-state index contributed by atoms with van der Waals surface area (Å²) in [6.07, 6.45) is 2.15. The zero-order valence-electron chi connectivity index (χ0n) is 10.9. The maximum absolute atomic E-state index is 11.6. The van der Waals surface area contributed by atoms with Crippen LogP contribution in [0.2, 0.25) is 0 Å². The van der Waals surface area contributed by atoms with Crippen LogP contribution in [0.1, 0.15) is 43.3 Å². The van der Waals surface area contributed by atoms with Crippen LogP contribution in [0.15, 0.2) is 0 Å². The van der Waals surface area contributed by atoms with Gasteiger partial charge < -0.3 is 5.11 Å². The smallest absolute Gasteiger partial charge is 0.152 e. The summed E-state index contributed by atoms with van der Waals surface area (Å²) in [6, 6.07) is -0.0597. The van der Waals surface area contributed by atoms with Crippen molar-refractivity contribution < 1.29 is 13.5 Å². The lowest BCUT2D eigenvalue weighted by molar-refractivity contribution is 0.279. The van der Waals surface area contributed by atoms with Crippen molar-refractivity contribution in [2.24, 2.45) is 0 Å². The van der Waals surface area contributed by atoms with Gasteiger partial charge in [-0.1, -0.05) is 13.8 Å². The van der Waals surface area contributed by atoms with Crippen molar-refractivity contribution in [2.45, 2.75) is 45.8 Å². The first kappa shape index (κ1) is 13.5. The fourth-order valence-corrected chi connectivity index (χ4v) is 4.36. The Morgan fingerprint density at radius 2 is 2.11 bits per heavy atom. The van der Waals surface area contributed by atoms with Crippen LogP contribution >= 0.6 is 0 Å². The number of aliphatic hydroxyl groups excluding tert-OH is 1. The zero-order valence-corrected chi connectivity index (χ0v) is 11.7. The van der Waals surface area contributed by atoms with E-state index >= 15 is 0 Å². The van der Waals surface area contributed by atoms with Gasteiger partial charge in [-0.05, 0) is 19.3 Å². The minimum Gasteiger partial charge on any atom is -0.392 e. The molecular formula is C12H20N2O3S. The molecule has 1 N–H and O–H groups in total. The molecular weight excluding hydrogens is 252 g/mol. The quantitative estimate of drug-likeness (QED) is 0.882. The van der Waals surface area contributed by atoms with Crippen molar-refractivity contribution >= 4 is 9.84 Å². The van der Waals surface area contributed by atoms with Crippen LogP contribution in [-0.2, 0) is 29.3 Å². The van der Waals surface area contributed by atoms with Crippen molar-refractivity contribution in [1.82, 2.24) is 9.78 Å². The van der Waals surface area contributed by atoms with Crippen LogP contribution in [0.4, 0.5) is 0 Å². The summed E-state index contributed by atoms with van der Waals surface area (Å²) in [5, 5.41) is 14.0. The highest BCUT2D eigenvalue weighted by Gasteiger charge is 2.32. The van der Waals surface area contributed by atoms with Crippen LogP contribution in [0.25, 0.3) is 0 Å². The molecule has 2 rings (SSSR count). The van der Waals surface area contributed by atoms with Gasteiger partial charge in [0.2, 0.25) is 0 Å². The molecule has 0 aliphatic carbocycles. The molecule has 0 bridgehead atoms. The Morgan fingerprint density at radius 3 is 2.56 bits per heavy atom. The van der Waals surface area contributed by atoms with Crippen molar-refractivity contribution in [3.63, 3.8) is 0 Å². The third-order valence-electron chi connectivity index (χ3n) is 3.58. The van der Waals surface area contributed by atoms with E-state index in [1.54, 1.807) is 0 Å². The average Bonchev–Trinajstić information content (AvgIpc) is 2.87. The Balaban J connectivity index is 2.42. The minimum absolute atomic E-state index is 0.0220. The van der Waals surface area contributed by atoms with Crippen LogP contribution < -0.4 is 0 Å². The molecule has 1 aromatic heterocycles. The predicted molar refractivity (Wildman–Crippen MR) is 69.2 cm³/mol. The number of rotatable bonds is 4. The number of aromatic nitrogens is 2. The normalized spacial score (nSPS) is 22.5. The third kappa shape index (κ3) is 2.31. The van der Waals surface area contributed by atoms with E-state index in [4.69, 9.17) is 0 Å². The minimum atomic E-state index is -2.91. The van der Waals surface area contributed by atoms with E-state index in [2.05, 4.69) is 5.10 Å². The van der Waals surface area contributed by atoms with E-state index < -0.39 is 9.84 Å². The summed E-state index contributed by atoms with van der Waals surface area (Å²) >= 11 is 0. The van der Waals surface area contributed by atoms with Crippen molar-refractivity contribution in [2.75, 3.05) is 11.5 Å². The molecule has 0 spiro atoms. The van der Waals surface area contributed by atoms with Gasteiger partial charge in [0.25, 0.3) is 0 Å². The van der Waals surface area contributed by atoms with E-state index in [-0.39, 0.29) is 24.2 Å². The lowest BCUT2D eigenvalue weighted by Gasteiger charge is -2.12. The van der Waals surface area contributed by atoms with E-state index in [0.29, 0.717) is 6.42 Å². The van der Waals surface area contributed by atoms with Gasteiger partial charge >= 0.3 is 0 Å². The predicted octanol–water partition coefficient (Wildman–Crippen LogP) is 0.860. The van der Waals surface area contributed by atoms with E-state index in [0.717, 1.165) is 29.8 Å². The molecule has 18 heavy (non-hydrogen) atoms. The molecule has 0 amide bonds. The van der Waals surface area contributed by atoms with Crippen molar-refractivity contribution in [3.8, 4) is 0 Å². The third-order valence-corrected chi connectivity index (χ3v) is 5.33. The molecule has 1 unspecified atom stereocenters. The van der Waals surface area contributed by atoms with Gasteiger partial charge in [-0.25, -0.2) is 8.42 Å². The Hall–Kier alpha value is -0.880. The maximum Gasteiger partial charge on any atom is 0.152 e. The molecule has 1 atom stereocenters. The molecule has 1 fully saturated rings. The molecule has 0 radical (unpaired) electrons. The monoisotopic (exact) mass is 272 g/mol. The van der Waals surface area contributed by atoms with Gasteiger partial charge in [-0.3, -0.25) is 4.68 Å². The summed E-state index contributed by atoms with van der Waals surface area (Å²) < 4.78 is 25.0. The second-order valence-electron chi connectivity index (χ2n) is 4.74. The molecule has 1 aromatic rings.